The standard InChI is InChI=1S/C16H24O4/c1-7-10-19-12(17)9-8-11-13(16(11,5)6)14(18)20-15(2,3)4/h11,13H,7,10H2,1-6H3. The minimum Gasteiger partial charge on any atom is -0.460 e. The van der Waals surface area contributed by atoms with Crippen molar-refractivity contribution in [3.8, 4) is 11.8 Å². The number of carbonyl (C=O) groups excluding carboxylic acids is 2. The summed E-state index contributed by atoms with van der Waals surface area (Å²) in [7, 11) is 0. The molecule has 0 bridgehead atoms. The summed E-state index contributed by atoms with van der Waals surface area (Å²) in [5, 5.41) is 0. The van der Waals surface area contributed by atoms with Crippen LogP contribution in [0.3, 0.4) is 0 Å². The Morgan fingerprint density at radius 3 is 2.35 bits per heavy atom. The third-order valence-corrected chi connectivity index (χ3v) is 3.26. The molecular formula is C16H24O4. The molecule has 0 radical (unpaired) electrons. The number of carbonyl (C=O) groups is 2. The molecule has 4 nitrogen and oxygen atoms in total. The molecule has 2 atom stereocenters. The molecule has 1 fully saturated rings. The molecule has 0 saturated heterocycles. The van der Waals surface area contributed by atoms with Gasteiger partial charge >= 0.3 is 11.9 Å². The van der Waals surface area contributed by atoms with Crippen molar-refractivity contribution < 1.29 is 19.1 Å². The first kappa shape index (κ1) is 16.6. The van der Waals surface area contributed by atoms with E-state index in [1.54, 1.807) is 0 Å². The lowest BCUT2D eigenvalue weighted by Crippen LogP contribution is -2.26. The molecule has 112 valence electrons. The lowest BCUT2D eigenvalue weighted by atomic mass is 10.1. The number of hydrogen-bond donors (Lipinski definition) is 0. The Hall–Kier alpha value is -1.50. The second kappa shape index (κ2) is 5.87. The van der Waals surface area contributed by atoms with Crippen LogP contribution in [0.1, 0.15) is 48.0 Å². The van der Waals surface area contributed by atoms with Crippen LogP contribution >= 0.6 is 0 Å². The van der Waals surface area contributed by atoms with E-state index >= 15 is 0 Å². The minimum absolute atomic E-state index is 0.147. The van der Waals surface area contributed by atoms with Gasteiger partial charge in [-0.05, 0) is 32.6 Å². The number of esters is 2. The molecule has 0 aromatic heterocycles. The Bertz CT molecular complexity index is 445. The van der Waals surface area contributed by atoms with Gasteiger partial charge in [0, 0.05) is 11.8 Å². The first-order valence-corrected chi connectivity index (χ1v) is 7.00. The third-order valence-electron chi connectivity index (χ3n) is 3.26. The van der Waals surface area contributed by atoms with E-state index in [0.29, 0.717) is 6.61 Å². The molecule has 0 N–H and O–H groups in total. The van der Waals surface area contributed by atoms with Gasteiger partial charge in [0.2, 0.25) is 0 Å². The molecule has 20 heavy (non-hydrogen) atoms. The minimum atomic E-state index is -0.530. The van der Waals surface area contributed by atoms with Crippen LogP contribution in [0.4, 0.5) is 0 Å². The van der Waals surface area contributed by atoms with Gasteiger partial charge in [0.05, 0.1) is 12.5 Å². The van der Waals surface area contributed by atoms with Gasteiger partial charge in [0.1, 0.15) is 5.60 Å². The highest BCUT2D eigenvalue weighted by atomic mass is 16.6. The molecule has 1 rings (SSSR count). The van der Waals surface area contributed by atoms with Crippen molar-refractivity contribution in [2.24, 2.45) is 17.3 Å². The SMILES string of the molecule is CCCOC(=O)C#CC1C(C(=O)OC(C)(C)C)C1(C)C. The average Bonchev–Trinajstić information content (AvgIpc) is 2.83. The third kappa shape index (κ3) is 4.26. The van der Waals surface area contributed by atoms with E-state index in [1.165, 1.54) is 0 Å². The first-order chi connectivity index (χ1) is 9.09. The van der Waals surface area contributed by atoms with Crippen LogP contribution in [-0.4, -0.2) is 24.1 Å². The maximum atomic E-state index is 12.1. The summed E-state index contributed by atoms with van der Waals surface area (Å²) >= 11 is 0. The van der Waals surface area contributed by atoms with E-state index in [9.17, 15) is 9.59 Å². The van der Waals surface area contributed by atoms with E-state index < -0.39 is 11.6 Å². The summed E-state index contributed by atoms with van der Waals surface area (Å²) in [6.45, 7) is 11.7. The maximum Gasteiger partial charge on any atom is 0.384 e. The zero-order valence-corrected chi connectivity index (χ0v) is 13.2. The van der Waals surface area contributed by atoms with Gasteiger partial charge in [-0.1, -0.05) is 26.7 Å². The highest BCUT2D eigenvalue weighted by molar-refractivity contribution is 5.89. The van der Waals surface area contributed by atoms with Gasteiger partial charge in [0.25, 0.3) is 0 Å². The van der Waals surface area contributed by atoms with Crippen LogP contribution in [0, 0.1) is 29.1 Å². The van der Waals surface area contributed by atoms with Crippen LogP contribution in [0.2, 0.25) is 0 Å². The van der Waals surface area contributed by atoms with E-state index in [-0.39, 0.29) is 23.2 Å². The summed E-state index contributed by atoms with van der Waals surface area (Å²) in [5.74, 6) is 4.12. The fourth-order valence-electron chi connectivity index (χ4n) is 2.08. The van der Waals surface area contributed by atoms with Crippen molar-refractivity contribution in [3.63, 3.8) is 0 Å². The molecule has 1 aliphatic carbocycles. The zero-order valence-electron chi connectivity index (χ0n) is 13.2. The van der Waals surface area contributed by atoms with Gasteiger partial charge < -0.3 is 9.47 Å². The molecule has 0 aromatic carbocycles. The quantitative estimate of drug-likeness (QED) is 0.453. The summed E-state index contributed by atoms with van der Waals surface area (Å²) in [6, 6.07) is 0. The highest BCUT2D eigenvalue weighted by Gasteiger charge is 2.62. The van der Waals surface area contributed by atoms with E-state index in [2.05, 4.69) is 11.8 Å². The average molecular weight is 280 g/mol. The van der Waals surface area contributed by atoms with Gasteiger partial charge in [0.15, 0.2) is 0 Å². The summed E-state index contributed by atoms with van der Waals surface area (Å²) in [5.41, 5.74) is -0.756. The number of hydrogen-bond acceptors (Lipinski definition) is 4. The molecule has 0 aromatic rings. The largest absolute Gasteiger partial charge is 0.460 e. The lowest BCUT2D eigenvalue weighted by Gasteiger charge is -2.19. The Morgan fingerprint density at radius 1 is 1.25 bits per heavy atom. The molecule has 1 aliphatic rings. The fourth-order valence-corrected chi connectivity index (χ4v) is 2.08. The Labute approximate surface area is 121 Å². The molecule has 0 spiro atoms. The molecule has 0 heterocycles. The van der Waals surface area contributed by atoms with Crippen LogP contribution in [0.25, 0.3) is 0 Å². The van der Waals surface area contributed by atoms with E-state index in [4.69, 9.17) is 9.47 Å². The lowest BCUT2D eigenvalue weighted by molar-refractivity contribution is -0.157. The van der Waals surface area contributed by atoms with Crippen LogP contribution < -0.4 is 0 Å². The maximum absolute atomic E-state index is 12.1. The van der Waals surface area contributed by atoms with Crippen LogP contribution in [0.5, 0.6) is 0 Å². The summed E-state index contributed by atoms with van der Waals surface area (Å²) in [4.78, 5) is 23.4. The van der Waals surface area contributed by atoms with Gasteiger partial charge in [-0.3, -0.25) is 4.79 Å². The Morgan fingerprint density at radius 2 is 1.85 bits per heavy atom. The fraction of sp³-hybridized carbons (Fsp3) is 0.750. The molecule has 0 amide bonds. The normalized spacial score (nSPS) is 23.3. The zero-order chi connectivity index (χ0) is 15.6. The summed E-state index contributed by atoms with van der Waals surface area (Å²) < 4.78 is 10.3. The molecular weight excluding hydrogens is 256 g/mol. The molecule has 0 aliphatic heterocycles. The van der Waals surface area contributed by atoms with Crippen molar-refractivity contribution in [1.82, 2.24) is 0 Å². The van der Waals surface area contributed by atoms with Gasteiger partial charge in [-0.25, -0.2) is 4.79 Å². The summed E-state index contributed by atoms with van der Waals surface area (Å²) in [6.07, 6.45) is 0.767. The predicted octanol–water partition coefficient (Wildman–Crippen LogP) is 2.56. The number of rotatable bonds is 3. The van der Waals surface area contributed by atoms with Crippen molar-refractivity contribution in [1.29, 1.82) is 0 Å². The molecule has 1 saturated carbocycles. The Kier molecular flexibility index (Phi) is 4.86. The predicted molar refractivity (Wildman–Crippen MR) is 75.6 cm³/mol. The van der Waals surface area contributed by atoms with Gasteiger partial charge in [-0.2, -0.15) is 0 Å². The Balaban J connectivity index is 2.63. The number of ether oxygens (including phenoxy) is 2. The monoisotopic (exact) mass is 280 g/mol. The second-order valence-corrected chi connectivity index (χ2v) is 6.72. The van der Waals surface area contributed by atoms with Crippen LogP contribution in [-0.2, 0) is 19.1 Å². The van der Waals surface area contributed by atoms with E-state index in [1.807, 2.05) is 41.5 Å². The topological polar surface area (TPSA) is 52.6 Å². The van der Waals surface area contributed by atoms with Gasteiger partial charge in [-0.15, -0.1) is 0 Å². The van der Waals surface area contributed by atoms with E-state index in [0.717, 1.165) is 6.42 Å². The van der Waals surface area contributed by atoms with Crippen molar-refractivity contribution in [2.75, 3.05) is 6.61 Å². The van der Waals surface area contributed by atoms with Crippen molar-refractivity contribution in [3.05, 3.63) is 0 Å². The van der Waals surface area contributed by atoms with Crippen molar-refractivity contribution in [2.45, 2.75) is 53.6 Å². The smallest absolute Gasteiger partial charge is 0.384 e. The molecule has 2 unspecified atom stereocenters. The highest BCUT2D eigenvalue weighted by Crippen LogP contribution is 2.58. The van der Waals surface area contributed by atoms with Crippen LogP contribution in [0.15, 0.2) is 0 Å². The molecule has 4 heteroatoms. The first-order valence-electron chi connectivity index (χ1n) is 7.00. The van der Waals surface area contributed by atoms with Crippen molar-refractivity contribution >= 4 is 11.9 Å². The second-order valence-electron chi connectivity index (χ2n) is 6.72.